The minimum absolute atomic E-state index is 0.276. The number of carbonyl (C=O) groups excluding carboxylic acids is 1. The number of rotatable bonds is 3. The topological polar surface area (TPSA) is 41.6 Å². The number of esters is 1. The Morgan fingerprint density at radius 3 is 2.90 bits per heavy atom. The maximum atomic E-state index is 11.9. The lowest BCUT2D eigenvalue weighted by molar-refractivity contribution is 0.0601. The Balaban J connectivity index is 2.14. The van der Waals surface area contributed by atoms with Crippen LogP contribution in [0.1, 0.15) is 35.2 Å². The van der Waals surface area contributed by atoms with Gasteiger partial charge in [0.1, 0.15) is 0 Å². The smallest absolute Gasteiger partial charge is 0.339 e. The molecule has 0 spiro atoms. The van der Waals surface area contributed by atoms with Gasteiger partial charge in [-0.2, -0.15) is 0 Å². The predicted molar refractivity (Wildman–Crippen MR) is 81.3 cm³/mol. The van der Waals surface area contributed by atoms with Gasteiger partial charge in [-0.05, 0) is 58.5 Å². The van der Waals surface area contributed by atoms with Crippen LogP contribution in [0.15, 0.2) is 18.2 Å². The highest BCUT2D eigenvalue weighted by molar-refractivity contribution is 5.95. The average Bonchev–Trinajstić information content (AvgIpc) is 2.65. The lowest BCUT2D eigenvalue weighted by Gasteiger charge is -2.20. The predicted octanol–water partition coefficient (Wildman–Crippen LogP) is 2.68. The third-order valence-electron chi connectivity index (χ3n) is 3.89. The number of benzene rings is 1. The molecule has 1 fully saturated rings. The van der Waals surface area contributed by atoms with Gasteiger partial charge < -0.3 is 15.0 Å². The molecular formula is C16H24N2O2. The molecule has 1 aromatic rings. The fourth-order valence-corrected chi connectivity index (χ4v) is 2.67. The molecule has 4 nitrogen and oxygen atoms in total. The highest BCUT2D eigenvalue weighted by Gasteiger charge is 2.18. The van der Waals surface area contributed by atoms with E-state index in [-0.39, 0.29) is 5.97 Å². The number of nitrogens with one attached hydrogen (secondary N) is 1. The molecule has 2 rings (SSSR count). The van der Waals surface area contributed by atoms with Gasteiger partial charge in [-0.1, -0.05) is 11.6 Å². The number of ether oxygens (including phenoxy) is 1. The van der Waals surface area contributed by atoms with E-state index in [1.807, 2.05) is 25.1 Å². The van der Waals surface area contributed by atoms with Gasteiger partial charge in [0, 0.05) is 11.7 Å². The second-order valence-corrected chi connectivity index (χ2v) is 5.62. The van der Waals surface area contributed by atoms with E-state index in [1.54, 1.807) is 0 Å². The molecule has 1 heterocycles. The summed E-state index contributed by atoms with van der Waals surface area (Å²) in [6.45, 7) is 4.23. The van der Waals surface area contributed by atoms with E-state index >= 15 is 0 Å². The summed E-state index contributed by atoms with van der Waals surface area (Å²) in [6.07, 6.45) is 3.43. The minimum atomic E-state index is -0.276. The summed E-state index contributed by atoms with van der Waals surface area (Å²) in [5, 5.41) is 3.52. The van der Waals surface area contributed by atoms with Crippen LogP contribution in [0.2, 0.25) is 0 Å². The molecule has 110 valence electrons. The molecule has 1 aromatic carbocycles. The van der Waals surface area contributed by atoms with Crippen LogP contribution >= 0.6 is 0 Å². The van der Waals surface area contributed by atoms with Crippen molar-refractivity contribution in [3.8, 4) is 0 Å². The van der Waals surface area contributed by atoms with Crippen molar-refractivity contribution in [3.05, 3.63) is 29.3 Å². The molecule has 0 radical (unpaired) electrons. The number of hydrogen-bond donors (Lipinski definition) is 1. The van der Waals surface area contributed by atoms with Gasteiger partial charge in [-0.3, -0.25) is 0 Å². The zero-order valence-electron chi connectivity index (χ0n) is 12.6. The third kappa shape index (κ3) is 3.73. The Kier molecular flexibility index (Phi) is 5.01. The van der Waals surface area contributed by atoms with Gasteiger partial charge in [-0.15, -0.1) is 0 Å². The van der Waals surface area contributed by atoms with Crippen molar-refractivity contribution in [2.45, 2.75) is 32.2 Å². The molecule has 0 aliphatic carbocycles. The first-order valence-corrected chi connectivity index (χ1v) is 7.24. The molecule has 0 saturated carbocycles. The number of carbonyl (C=O) groups is 1. The van der Waals surface area contributed by atoms with Crippen LogP contribution in [0.4, 0.5) is 5.69 Å². The molecule has 1 aliphatic heterocycles. The molecule has 20 heavy (non-hydrogen) atoms. The maximum Gasteiger partial charge on any atom is 0.339 e. The summed E-state index contributed by atoms with van der Waals surface area (Å²) in [6, 6.07) is 6.32. The Morgan fingerprint density at radius 1 is 1.35 bits per heavy atom. The van der Waals surface area contributed by atoms with Crippen molar-refractivity contribution >= 4 is 11.7 Å². The Morgan fingerprint density at radius 2 is 2.15 bits per heavy atom. The maximum absolute atomic E-state index is 11.9. The monoisotopic (exact) mass is 276 g/mol. The lowest BCUT2D eigenvalue weighted by Crippen LogP contribution is -2.24. The second-order valence-electron chi connectivity index (χ2n) is 5.62. The molecular weight excluding hydrogens is 252 g/mol. The largest absolute Gasteiger partial charge is 0.465 e. The van der Waals surface area contributed by atoms with Gasteiger partial charge in [0.2, 0.25) is 0 Å². The van der Waals surface area contributed by atoms with E-state index in [4.69, 9.17) is 4.74 Å². The van der Waals surface area contributed by atoms with Crippen LogP contribution in [0.3, 0.4) is 0 Å². The summed E-state index contributed by atoms with van der Waals surface area (Å²) in [5.74, 6) is -0.276. The highest BCUT2D eigenvalue weighted by Crippen LogP contribution is 2.22. The number of methoxy groups -OCH3 is 1. The minimum Gasteiger partial charge on any atom is -0.465 e. The molecule has 4 heteroatoms. The average molecular weight is 276 g/mol. The van der Waals surface area contributed by atoms with E-state index in [1.165, 1.54) is 13.5 Å². The first-order valence-electron chi connectivity index (χ1n) is 7.24. The second kappa shape index (κ2) is 6.75. The number of nitrogens with zero attached hydrogens (tertiary/aromatic N) is 1. The van der Waals surface area contributed by atoms with Gasteiger partial charge in [0.05, 0.1) is 12.7 Å². The molecule has 1 aliphatic rings. The molecule has 1 N–H and O–H groups in total. The van der Waals surface area contributed by atoms with E-state index in [0.717, 1.165) is 37.2 Å². The first kappa shape index (κ1) is 14.9. The normalized spacial score (nSPS) is 20.2. The third-order valence-corrected chi connectivity index (χ3v) is 3.89. The zero-order valence-corrected chi connectivity index (χ0v) is 12.6. The Labute approximate surface area is 121 Å². The molecule has 1 unspecified atom stereocenters. The van der Waals surface area contributed by atoms with Crippen LogP contribution in [-0.2, 0) is 4.74 Å². The van der Waals surface area contributed by atoms with Crippen LogP contribution < -0.4 is 5.32 Å². The van der Waals surface area contributed by atoms with Crippen LogP contribution in [0.5, 0.6) is 0 Å². The SMILES string of the molecule is COC(=O)c1cc(C)ccc1NC1CCCN(C)CC1. The summed E-state index contributed by atoms with van der Waals surface area (Å²) in [5.41, 5.74) is 2.58. The summed E-state index contributed by atoms with van der Waals surface area (Å²) < 4.78 is 4.88. The van der Waals surface area contributed by atoms with Crippen molar-refractivity contribution in [1.29, 1.82) is 0 Å². The molecule has 0 aromatic heterocycles. The quantitative estimate of drug-likeness (QED) is 0.862. The number of likely N-dealkylation sites (tertiary alicyclic amines) is 1. The highest BCUT2D eigenvalue weighted by atomic mass is 16.5. The Bertz CT molecular complexity index is 474. The van der Waals surface area contributed by atoms with Gasteiger partial charge >= 0.3 is 5.97 Å². The fourth-order valence-electron chi connectivity index (χ4n) is 2.67. The molecule has 0 amide bonds. The van der Waals surface area contributed by atoms with Gasteiger partial charge in [0.15, 0.2) is 0 Å². The number of anilines is 1. The van der Waals surface area contributed by atoms with E-state index < -0.39 is 0 Å². The number of hydrogen-bond acceptors (Lipinski definition) is 4. The van der Waals surface area contributed by atoms with Crippen LogP contribution in [0, 0.1) is 6.92 Å². The zero-order chi connectivity index (χ0) is 14.5. The van der Waals surface area contributed by atoms with Crippen molar-refractivity contribution in [2.24, 2.45) is 0 Å². The molecule has 1 saturated heterocycles. The van der Waals surface area contributed by atoms with E-state index in [0.29, 0.717) is 11.6 Å². The Hall–Kier alpha value is -1.55. The first-order chi connectivity index (χ1) is 9.60. The van der Waals surface area contributed by atoms with Crippen molar-refractivity contribution < 1.29 is 9.53 Å². The summed E-state index contributed by atoms with van der Waals surface area (Å²) >= 11 is 0. The van der Waals surface area contributed by atoms with Crippen molar-refractivity contribution in [1.82, 2.24) is 4.90 Å². The van der Waals surface area contributed by atoms with Crippen molar-refractivity contribution in [2.75, 3.05) is 32.6 Å². The summed E-state index contributed by atoms with van der Waals surface area (Å²) in [4.78, 5) is 14.2. The van der Waals surface area contributed by atoms with Gasteiger partial charge in [-0.25, -0.2) is 4.79 Å². The fraction of sp³-hybridized carbons (Fsp3) is 0.562. The molecule has 0 bridgehead atoms. The van der Waals surface area contributed by atoms with E-state index in [9.17, 15) is 4.79 Å². The standard InChI is InChI=1S/C16H24N2O2/c1-12-6-7-15(14(11-12)16(19)20-3)17-13-5-4-9-18(2)10-8-13/h6-7,11,13,17H,4-5,8-10H2,1-3H3. The number of aryl methyl sites for hydroxylation is 1. The van der Waals surface area contributed by atoms with Crippen LogP contribution in [-0.4, -0.2) is 44.2 Å². The summed E-state index contributed by atoms with van der Waals surface area (Å²) in [7, 11) is 3.59. The molecule has 1 atom stereocenters. The lowest BCUT2D eigenvalue weighted by atomic mass is 10.1. The van der Waals surface area contributed by atoms with Crippen LogP contribution in [0.25, 0.3) is 0 Å². The van der Waals surface area contributed by atoms with E-state index in [2.05, 4.69) is 17.3 Å². The van der Waals surface area contributed by atoms with Gasteiger partial charge in [0.25, 0.3) is 0 Å². The van der Waals surface area contributed by atoms with Crippen molar-refractivity contribution in [3.63, 3.8) is 0 Å².